The summed E-state index contributed by atoms with van der Waals surface area (Å²) in [5, 5.41) is 39.6. The summed E-state index contributed by atoms with van der Waals surface area (Å²) in [5.41, 5.74) is 8.48. The number of fused-ring (bicyclic) bond motifs is 4. The maximum absolute atomic E-state index is 12.3. The van der Waals surface area contributed by atoms with Gasteiger partial charge in [-0.2, -0.15) is 0 Å². The van der Waals surface area contributed by atoms with Crippen LogP contribution in [-0.2, 0) is 27.1 Å². The third-order valence-corrected chi connectivity index (χ3v) is 13.7. The van der Waals surface area contributed by atoms with Crippen LogP contribution in [0.2, 0.25) is 0 Å². The second-order valence-corrected chi connectivity index (χ2v) is 17.2. The molecule has 7 atom stereocenters. The third kappa shape index (κ3) is 10.4. The Morgan fingerprint density at radius 2 is 2.02 bits per heavy atom. The molecule has 298 valence electrons. The van der Waals surface area contributed by atoms with E-state index in [1.54, 1.807) is 53.2 Å². The summed E-state index contributed by atoms with van der Waals surface area (Å²) in [6, 6.07) is 12.5. The van der Waals surface area contributed by atoms with Crippen LogP contribution in [0.1, 0.15) is 68.2 Å². The fourth-order valence-corrected chi connectivity index (χ4v) is 11.4. The molecule has 6 rings (SSSR count). The molecule has 4 bridgehead atoms. The molecular formula is C40H53N5O8S2. The van der Waals surface area contributed by atoms with Crippen molar-refractivity contribution in [1.82, 2.24) is 15.6 Å². The Kier molecular flexibility index (Phi) is 13.8. The second kappa shape index (κ2) is 18.7. The maximum Gasteiger partial charge on any atom is 0.302 e. The smallest absolute Gasteiger partial charge is 0.302 e. The quantitative estimate of drug-likeness (QED) is 0.0503. The van der Waals surface area contributed by atoms with E-state index >= 15 is 0 Å². The van der Waals surface area contributed by atoms with Gasteiger partial charge in [0.05, 0.1) is 29.6 Å². The number of nitrogens with zero attached hydrogens (tertiary/aromatic N) is 2. The van der Waals surface area contributed by atoms with Crippen molar-refractivity contribution >= 4 is 33.5 Å². The average Bonchev–Trinajstić information content (AvgIpc) is 3.17. The number of phenolic OH excluding ortho intramolecular Hbond substituents is 3. The SMILES string of the molecule is CN=C(N)N[C@@]12CCC[C@H](C1)Oc1cc(ccc1O)C[C@H]([C@H]1C[C@@H](OC(C)=O)C[C@@H](c3cc(O)c(O)c(OCCc4cccnc4)c3)O1)CSS[C@@H]2CNC. The number of benzene rings is 2. The van der Waals surface area contributed by atoms with Gasteiger partial charge in [-0.1, -0.05) is 33.7 Å². The van der Waals surface area contributed by atoms with Crippen LogP contribution in [0, 0.1) is 5.92 Å². The van der Waals surface area contributed by atoms with Gasteiger partial charge in [-0.25, -0.2) is 0 Å². The van der Waals surface area contributed by atoms with E-state index in [0.29, 0.717) is 61.7 Å². The Morgan fingerprint density at radius 3 is 2.78 bits per heavy atom. The molecule has 3 aliphatic rings. The molecule has 0 unspecified atom stereocenters. The zero-order valence-electron chi connectivity index (χ0n) is 31.6. The molecule has 2 fully saturated rings. The van der Waals surface area contributed by atoms with Gasteiger partial charge in [0.25, 0.3) is 0 Å². The molecule has 0 amide bonds. The number of guanidine groups is 1. The summed E-state index contributed by atoms with van der Waals surface area (Å²) in [6.45, 7) is 2.37. The van der Waals surface area contributed by atoms with E-state index in [9.17, 15) is 20.1 Å². The van der Waals surface area contributed by atoms with Gasteiger partial charge in [-0.05, 0) is 85.7 Å². The van der Waals surface area contributed by atoms with Gasteiger partial charge in [0.15, 0.2) is 29.0 Å². The number of carbonyl (C=O) groups excluding carboxylic acids is 1. The second-order valence-electron chi connectivity index (χ2n) is 14.6. The summed E-state index contributed by atoms with van der Waals surface area (Å²) in [7, 11) is 7.21. The molecule has 7 N–H and O–H groups in total. The molecule has 3 aromatic rings. The maximum atomic E-state index is 12.3. The van der Waals surface area contributed by atoms with Crippen molar-refractivity contribution in [2.75, 3.05) is 33.0 Å². The van der Waals surface area contributed by atoms with Crippen LogP contribution in [0.5, 0.6) is 28.7 Å². The minimum absolute atomic E-state index is 0.0572. The predicted molar refractivity (Wildman–Crippen MR) is 215 cm³/mol. The van der Waals surface area contributed by atoms with Gasteiger partial charge in [0.2, 0.25) is 5.75 Å². The minimum Gasteiger partial charge on any atom is -0.504 e. The lowest BCUT2D eigenvalue weighted by Gasteiger charge is -2.46. The zero-order chi connectivity index (χ0) is 39.0. The Balaban J connectivity index is 1.30. The van der Waals surface area contributed by atoms with Crippen LogP contribution < -0.4 is 25.8 Å². The highest BCUT2D eigenvalue weighted by Gasteiger charge is 2.45. The molecule has 3 heterocycles. The van der Waals surface area contributed by atoms with Crippen LogP contribution in [0.3, 0.4) is 0 Å². The van der Waals surface area contributed by atoms with Gasteiger partial charge >= 0.3 is 5.97 Å². The highest BCUT2D eigenvalue weighted by molar-refractivity contribution is 8.77. The number of aromatic hydroxyl groups is 3. The molecular weight excluding hydrogens is 743 g/mol. The normalized spacial score (nSPS) is 27.4. The van der Waals surface area contributed by atoms with E-state index in [4.69, 9.17) is 24.7 Å². The number of aliphatic imine (C=N–C) groups is 1. The summed E-state index contributed by atoms with van der Waals surface area (Å²) < 4.78 is 25.3. The van der Waals surface area contributed by atoms with Gasteiger partial charge in [0, 0.05) is 64.3 Å². The number of hydrogen-bond donors (Lipinski definition) is 6. The van der Waals surface area contributed by atoms with Crippen molar-refractivity contribution in [3.8, 4) is 28.7 Å². The fourth-order valence-electron chi connectivity index (χ4n) is 7.93. The van der Waals surface area contributed by atoms with Crippen molar-refractivity contribution in [1.29, 1.82) is 0 Å². The number of hydrogen-bond acceptors (Lipinski definition) is 13. The number of nitrogens with two attached hydrogens (primary N) is 1. The van der Waals surface area contributed by atoms with Crippen LogP contribution in [0.4, 0.5) is 0 Å². The monoisotopic (exact) mass is 795 g/mol. The van der Waals surface area contributed by atoms with Crippen molar-refractivity contribution in [2.24, 2.45) is 16.6 Å². The topological polar surface area (TPSA) is 190 Å². The Labute approximate surface area is 330 Å². The average molecular weight is 796 g/mol. The Morgan fingerprint density at radius 1 is 1.16 bits per heavy atom. The number of phenols is 3. The Hall–Kier alpha value is -4.05. The van der Waals surface area contributed by atoms with Crippen LogP contribution in [0.15, 0.2) is 59.9 Å². The standard InChI is InChI=1S/C40H53N5O8S2/c1-24(46)51-30-18-33(27-16-32(48)38(49)36(17-27)50-13-10-25-6-5-12-44-21-25)53-34(19-30)28-14-26-8-9-31(47)35(15-26)52-29-7-4-11-40(20-29,45-39(41)43-3)37(22-42-2)55-54-23-28/h5-6,8-9,12,15-17,21,28-30,33-34,37,42,47-49H,4,7,10-11,13-14,18-20,22-23H2,1-3H3,(H3,41,43,45)/t28-,29+,30-,33-,34+,37+,40-/m0/s1. The highest BCUT2D eigenvalue weighted by atomic mass is 33.1. The molecule has 15 heteroatoms. The molecule has 2 aromatic carbocycles. The molecule has 0 spiro atoms. The lowest BCUT2D eigenvalue weighted by molar-refractivity contribution is -0.163. The molecule has 1 aromatic heterocycles. The summed E-state index contributed by atoms with van der Waals surface area (Å²) in [5.74, 6) is 0.612. The van der Waals surface area contributed by atoms with Crippen molar-refractivity contribution in [3.63, 3.8) is 0 Å². The number of carbonyl (C=O) groups is 1. The number of nitrogens with one attached hydrogen (secondary N) is 2. The van der Waals surface area contributed by atoms with E-state index < -0.39 is 17.7 Å². The first-order valence-corrected chi connectivity index (χ1v) is 21.3. The molecule has 1 saturated carbocycles. The van der Waals surface area contributed by atoms with E-state index in [-0.39, 0.29) is 59.0 Å². The first kappa shape index (κ1) is 40.6. The Bertz CT molecular complexity index is 1790. The first-order valence-electron chi connectivity index (χ1n) is 18.9. The van der Waals surface area contributed by atoms with E-state index in [1.165, 1.54) is 13.0 Å². The third-order valence-electron chi connectivity index (χ3n) is 10.6. The van der Waals surface area contributed by atoms with Crippen LogP contribution in [0.25, 0.3) is 0 Å². The minimum atomic E-state index is -0.573. The predicted octanol–water partition coefficient (Wildman–Crippen LogP) is 5.41. The summed E-state index contributed by atoms with van der Waals surface area (Å²) in [6.07, 6.45) is 7.27. The van der Waals surface area contributed by atoms with E-state index in [1.807, 2.05) is 31.3 Å². The molecule has 55 heavy (non-hydrogen) atoms. The molecule has 1 saturated heterocycles. The van der Waals surface area contributed by atoms with Crippen molar-refractivity contribution < 1.29 is 39.1 Å². The highest BCUT2D eigenvalue weighted by Crippen LogP contribution is 2.47. The van der Waals surface area contributed by atoms with Crippen molar-refractivity contribution in [3.05, 3.63) is 71.5 Å². The molecule has 1 aliphatic carbocycles. The molecule has 0 radical (unpaired) electrons. The number of aromatic nitrogens is 1. The molecule has 2 aliphatic heterocycles. The molecule has 13 nitrogen and oxygen atoms in total. The number of esters is 1. The van der Waals surface area contributed by atoms with Gasteiger partial charge in [-0.3, -0.25) is 14.8 Å². The van der Waals surface area contributed by atoms with Crippen LogP contribution >= 0.6 is 21.6 Å². The van der Waals surface area contributed by atoms with Gasteiger partial charge < -0.3 is 50.6 Å². The number of pyridine rings is 1. The van der Waals surface area contributed by atoms with Crippen molar-refractivity contribution in [2.45, 2.75) is 93.5 Å². The number of rotatable bonds is 10. The fraction of sp³-hybridized carbons (Fsp3) is 0.525. The van der Waals surface area contributed by atoms with E-state index in [2.05, 4.69) is 20.6 Å². The number of ether oxygens (including phenoxy) is 4. The lowest BCUT2D eigenvalue weighted by Crippen LogP contribution is -2.62. The van der Waals surface area contributed by atoms with Crippen LogP contribution in [-0.4, -0.2) is 94.3 Å². The summed E-state index contributed by atoms with van der Waals surface area (Å²) in [4.78, 5) is 20.7. The van der Waals surface area contributed by atoms with Gasteiger partial charge in [-0.15, -0.1) is 0 Å². The largest absolute Gasteiger partial charge is 0.504 e. The summed E-state index contributed by atoms with van der Waals surface area (Å²) >= 11 is 0. The lowest BCUT2D eigenvalue weighted by atomic mass is 9.77. The van der Waals surface area contributed by atoms with Gasteiger partial charge in [0.1, 0.15) is 12.2 Å². The first-order chi connectivity index (χ1) is 26.6. The zero-order valence-corrected chi connectivity index (χ0v) is 33.2. The van der Waals surface area contributed by atoms with E-state index in [0.717, 1.165) is 30.4 Å².